The van der Waals surface area contributed by atoms with E-state index in [0.29, 0.717) is 5.75 Å². The van der Waals surface area contributed by atoms with Crippen LogP contribution in [0.4, 0.5) is 0 Å². The number of rotatable bonds is 3. The summed E-state index contributed by atoms with van der Waals surface area (Å²) in [6.07, 6.45) is 0. The summed E-state index contributed by atoms with van der Waals surface area (Å²) in [5.74, 6) is 1.51. The molecule has 1 aromatic rings. The van der Waals surface area contributed by atoms with Gasteiger partial charge in [0.05, 0.1) is 7.11 Å². The van der Waals surface area contributed by atoms with Crippen LogP contribution in [0.2, 0.25) is 0 Å². The van der Waals surface area contributed by atoms with Crippen LogP contribution in [0.25, 0.3) is 0 Å². The Bertz CT molecular complexity index is 361. The van der Waals surface area contributed by atoms with Crippen molar-refractivity contribution in [2.75, 3.05) is 7.11 Å². The first-order chi connectivity index (χ1) is 7.34. The van der Waals surface area contributed by atoms with E-state index in [1.807, 2.05) is 18.2 Å². The summed E-state index contributed by atoms with van der Waals surface area (Å²) in [5, 5.41) is 0. The normalized spacial score (nSPS) is 11.7. The Kier molecular flexibility index (Phi) is 4.73. The molecule has 0 saturated heterocycles. The molecule has 0 N–H and O–H groups in total. The van der Waals surface area contributed by atoms with E-state index in [4.69, 9.17) is 31.7 Å². The maximum atomic E-state index is 5.68. The average Bonchev–Trinajstić information content (AvgIpc) is 2.15. The van der Waals surface area contributed by atoms with E-state index in [1.165, 1.54) is 0 Å². The Balaban J connectivity index is 3.17. The molecular weight excluding hydrogens is 266 g/mol. The summed E-state index contributed by atoms with van der Waals surface area (Å²) in [6, 6.07) is 5.61. The van der Waals surface area contributed by atoms with Crippen LogP contribution in [0.3, 0.4) is 0 Å². The summed E-state index contributed by atoms with van der Waals surface area (Å²) in [7, 11) is 1.64. The fourth-order valence-electron chi connectivity index (χ4n) is 1.38. The lowest BCUT2D eigenvalue weighted by Gasteiger charge is -2.23. The highest BCUT2D eigenvalue weighted by Crippen LogP contribution is 2.50. The summed E-state index contributed by atoms with van der Waals surface area (Å²) in [6.45, 7) is 4.84. The molecule has 0 radical (unpaired) electrons. The van der Waals surface area contributed by atoms with Gasteiger partial charge in [-0.25, -0.2) is 0 Å². The van der Waals surface area contributed by atoms with Crippen molar-refractivity contribution in [1.82, 2.24) is 0 Å². The van der Waals surface area contributed by atoms with Gasteiger partial charge in [0.25, 0.3) is 6.85 Å². The van der Waals surface area contributed by atoms with Gasteiger partial charge >= 0.3 is 0 Å². The summed E-state index contributed by atoms with van der Waals surface area (Å²) in [4.78, 5) is 0. The molecule has 1 rings (SSSR count). The summed E-state index contributed by atoms with van der Waals surface area (Å²) < 4.78 is 10.6. The highest BCUT2D eigenvalue weighted by atomic mass is 35.9. The topological polar surface area (TPSA) is 18.5 Å². The van der Waals surface area contributed by atoms with Crippen LogP contribution in [0.5, 0.6) is 11.5 Å². The zero-order valence-electron chi connectivity index (χ0n) is 9.75. The molecule has 0 fully saturated rings. The first-order valence-corrected chi connectivity index (χ1v) is 7.89. The van der Waals surface area contributed by atoms with Crippen LogP contribution in [0.15, 0.2) is 18.2 Å². The van der Waals surface area contributed by atoms with E-state index in [1.54, 1.807) is 7.11 Å². The second-order valence-electron chi connectivity index (χ2n) is 4.41. The fraction of sp³-hybridized carbons (Fsp3) is 0.455. The van der Waals surface area contributed by atoms with Gasteiger partial charge in [-0.2, -0.15) is 0 Å². The Morgan fingerprint density at radius 2 is 1.81 bits per heavy atom. The molecule has 0 aliphatic rings. The zero-order chi connectivity index (χ0) is 12.3. The number of hydrogen-bond donors (Lipinski definition) is 0. The highest BCUT2D eigenvalue weighted by Gasteiger charge is 2.21. The summed E-state index contributed by atoms with van der Waals surface area (Å²) >= 11 is 11.4. The molecule has 5 heteroatoms. The van der Waals surface area contributed by atoms with Crippen LogP contribution in [-0.4, -0.2) is 7.11 Å². The predicted molar refractivity (Wildman–Crippen MR) is 70.9 cm³/mol. The molecule has 0 aromatic heterocycles. The molecule has 2 nitrogen and oxygen atoms in total. The Morgan fingerprint density at radius 1 is 1.19 bits per heavy atom. The maximum Gasteiger partial charge on any atom is 0.284 e. The third kappa shape index (κ3) is 3.69. The molecule has 0 aliphatic heterocycles. The minimum Gasteiger partial charge on any atom is -0.497 e. The number of hydrogen-bond acceptors (Lipinski definition) is 2. The number of methoxy groups -OCH3 is 1. The number of ether oxygens (including phenoxy) is 1. The monoisotopic (exact) mass is 280 g/mol. The van der Waals surface area contributed by atoms with Crippen LogP contribution in [0.1, 0.15) is 26.3 Å². The third-order valence-electron chi connectivity index (χ3n) is 2.16. The van der Waals surface area contributed by atoms with Gasteiger partial charge in [-0.3, -0.25) is 0 Å². The van der Waals surface area contributed by atoms with Gasteiger partial charge in [0.2, 0.25) is 0 Å². The number of benzene rings is 1. The van der Waals surface area contributed by atoms with Gasteiger partial charge in [-0.1, -0.05) is 20.8 Å². The van der Waals surface area contributed by atoms with Gasteiger partial charge in [0.15, 0.2) is 0 Å². The lowest BCUT2D eigenvalue weighted by Crippen LogP contribution is -2.12. The van der Waals surface area contributed by atoms with Crippen molar-refractivity contribution in [2.45, 2.75) is 26.2 Å². The maximum absolute atomic E-state index is 5.68. The molecule has 0 saturated carbocycles. The summed E-state index contributed by atoms with van der Waals surface area (Å²) in [5.41, 5.74) is 0.976. The third-order valence-corrected chi connectivity index (χ3v) is 2.91. The molecule has 1 aromatic carbocycles. The zero-order valence-corrected chi connectivity index (χ0v) is 12.2. The van der Waals surface area contributed by atoms with Gasteiger partial charge in [-0.05, 0) is 46.1 Å². The highest BCUT2D eigenvalue weighted by molar-refractivity contribution is 8.00. The molecule has 16 heavy (non-hydrogen) atoms. The fourth-order valence-corrected chi connectivity index (χ4v) is 2.13. The largest absolute Gasteiger partial charge is 0.497 e. The minimum absolute atomic E-state index is 0.0526. The molecule has 0 spiro atoms. The van der Waals surface area contributed by atoms with Crippen molar-refractivity contribution in [1.29, 1.82) is 0 Å². The van der Waals surface area contributed by atoms with Crippen molar-refractivity contribution in [3.05, 3.63) is 23.8 Å². The molecule has 0 bridgehead atoms. The van der Waals surface area contributed by atoms with E-state index < -0.39 is 6.85 Å². The van der Waals surface area contributed by atoms with Gasteiger partial charge in [-0.15, -0.1) is 0 Å². The Hall–Kier alpha value is -0.170. The standard InChI is InChI=1S/C11H15Cl2O2P/c1-11(2,3)9-7-8(14-4)5-6-10(9)15-16(12)13/h5-7H,1-4H3. The predicted octanol–water partition coefficient (Wildman–Crippen LogP) is 5.08. The van der Waals surface area contributed by atoms with Crippen LogP contribution >= 0.6 is 29.3 Å². The van der Waals surface area contributed by atoms with E-state index in [-0.39, 0.29) is 5.41 Å². The van der Waals surface area contributed by atoms with E-state index in [9.17, 15) is 0 Å². The minimum atomic E-state index is -1.45. The molecule has 0 unspecified atom stereocenters. The van der Waals surface area contributed by atoms with Crippen LogP contribution in [0, 0.1) is 0 Å². The second kappa shape index (κ2) is 5.44. The van der Waals surface area contributed by atoms with E-state index in [0.717, 1.165) is 11.3 Å². The van der Waals surface area contributed by atoms with Crippen molar-refractivity contribution in [3.63, 3.8) is 0 Å². The van der Waals surface area contributed by atoms with E-state index in [2.05, 4.69) is 20.8 Å². The van der Waals surface area contributed by atoms with Gasteiger partial charge < -0.3 is 9.26 Å². The molecule has 0 heterocycles. The molecule has 0 aliphatic carbocycles. The Labute approximate surface area is 107 Å². The molecule has 90 valence electrons. The van der Waals surface area contributed by atoms with Crippen molar-refractivity contribution in [3.8, 4) is 11.5 Å². The van der Waals surface area contributed by atoms with Crippen molar-refractivity contribution >= 4 is 29.3 Å². The molecular formula is C11H15Cl2O2P. The lowest BCUT2D eigenvalue weighted by atomic mass is 9.86. The van der Waals surface area contributed by atoms with Crippen LogP contribution < -0.4 is 9.26 Å². The van der Waals surface area contributed by atoms with Crippen molar-refractivity contribution in [2.24, 2.45) is 0 Å². The Morgan fingerprint density at radius 3 is 2.25 bits per heavy atom. The molecule has 0 amide bonds. The quantitative estimate of drug-likeness (QED) is 0.719. The van der Waals surface area contributed by atoms with Crippen molar-refractivity contribution < 1.29 is 9.26 Å². The lowest BCUT2D eigenvalue weighted by molar-refractivity contribution is 0.411. The van der Waals surface area contributed by atoms with Gasteiger partial charge in [0.1, 0.15) is 11.5 Å². The van der Waals surface area contributed by atoms with E-state index >= 15 is 0 Å². The smallest absolute Gasteiger partial charge is 0.284 e. The first kappa shape index (κ1) is 13.9. The van der Waals surface area contributed by atoms with Crippen LogP contribution in [-0.2, 0) is 5.41 Å². The van der Waals surface area contributed by atoms with Gasteiger partial charge in [0, 0.05) is 5.56 Å². The number of halogens is 2. The molecule has 0 atom stereocenters. The first-order valence-electron chi connectivity index (χ1n) is 4.83. The SMILES string of the molecule is COc1ccc(OP(Cl)Cl)c(C(C)(C)C)c1. The second-order valence-corrected chi connectivity index (χ2v) is 7.35. The average molecular weight is 281 g/mol.